The summed E-state index contributed by atoms with van der Waals surface area (Å²) in [5.41, 5.74) is 8.02. The number of rotatable bonds is 2. The van der Waals surface area contributed by atoms with Gasteiger partial charge in [0.15, 0.2) is 0 Å². The SMILES string of the molecule is NCCC#Cc1ccc(C2CCCCC2)cc1. The van der Waals surface area contributed by atoms with Gasteiger partial charge in [-0.15, -0.1) is 0 Å². The first-order valence-electron chi connectivity index (χ1n) is 6.69. The van der Waals surface area contributed by atoms with Gasteiger partial charge in [-0.2, -0.15) is 0 Å². The summed E-state index contributed by atoms with van der Waals surface area (Å²) >= 11 is 0. The van der Waals surface area contributed by atoms with E-state index in [1.807, 2.05) is 0 Å². The van der Waals surface area contributed by atoms with E-state index in [4.69, 9.17) is 5.73 Å². The van der Waals surface area contributed by atoms with Crippen molar-refractivity contribution in [3.8, 4) is 11.8 Å². The van der Waals surface area contributed by atoms with Crippen molar-refractivity contribution in [3.05, 3.63) is 35.4 Å². The Morgan fingerprint density at radius 2 is 1.76 bits per heavy atom. The van der Waals surface area contributed by atoms with Crippen LogP contribution < -0.4 is 5.73 Å². The second kappa shape index (κ2) is 6.47. The van der Waals surface area contributed by atoms with Crippen LogP contribution in [0, 0.1) is 11.8 Å². The summed E-state index contributed by atoms with van der Waals surface area (Å²) in [6.45, 7) is 0.646. The van der Waals surface area contributed by atoms with Crippen LogP contribution in [0.3, 0.4) is 0 Å². The van der Waals surface area contributed by atoms with E-state index < -0.39 is 0 Å². The monoisotopic (exact) mass is 227 g/mol. The lowest BCUT2D eigenvalue weighted by atomic mass is 9.84. The van der Waals surface area contributed by atoms with E-state index in [-0.39, 0.29) is 0 Å². The summed E-state index contributed by atoms with van der Waals surface area (Å²) in [5.74, 6) is 7.01. The Labute approximate surface area is 104 Å². The van der Waals surface area contributed by atoms with Gasteiger partial charge in [0.25, 0.3) is 0 Å². The zero-order valence-electron chi connectivity index (χ0n) is 10.4. The maximum atomic E-state index is 5.41. The van der Waals surface area contributed by atoms with Crippen LogP contribution in [0.25, 0.3) is 0 Å². The molecule has 0 heterocycles. The number of hydrogen-bond donors (Lipinski definition) is 1. The second-order valence-electron chi connectivity index (χ2n) is 4.80. The Hall–Kier alpha value is -1.26. The Kier molecular flexibility index (Phi) is 4.64. The molecule has 1 aromatic rings. The van der Waals surface area contributed by atoms with Gasteiger partial charge in [-0.05, 0) is 36.5 Å². The number of benzene rings is 1. The van der Waals surface area contributed by atoms with Crippen LogP contribution >= 0.6 is 0 Å². The summed E-state index contributed by atoms with van der Waals surface area (Å²) in [4.78, 5) is 0. The molecule has 0 bridgehead atoms. The maximum absolute atomic E-state index is 5.41. The van der Waals surface area contributed by atoms with Gasteiger partial charge in [-0.3, -0.25) is 0 Å². The third-order valence-electron chi connectivity index (χ3n) is 3.49. The highest BCUT2D eigenvalue weighted by molar-refractivity contribution is 5.37. The topological polar surface area (TPSA) is 26.0 Å². The highest BCUT2D eigenvalue weighted by Crippen LogP contribution is 2.32. The van der Waals surface area contributed by atoms with Crippen LogP contribution in [-0.4, -0.2) is 6.54 Å². The second-order valence-corrected chi connectivity index (χ2v) is 4.80. The van der Waals surface area contributed by atoms with Crippen molar-refractivity contribution < 1.29 is 0 Å². The highest BCUT2D eigenvalue weighted by Gasteiger charge is 2.14. The van der Waals surface area contributed by atoms with E-state index in [1.54, 1.807) is 0 Å². The molecule has 0 radical (unpaired) electrons. The van der Waals surface area contributed by atoms with E-state index in [9.17, 15) is 0 Å². The molecule has 1 aliphatic rings. The van der Waals surface area contributed by atoms with Gasteiger partial charge in [0.2, 0.25) is 0 Å². The molecule has 0 saturated heterocycles. The van der Waals surface area contributed by atoms with Gasteiger partial charge in [0.1, 0.15) is 0 Å². The quantitative estimate of drug-likeness (QED) is 0.770. The van der Waals surface area contributed by atoms with Crippen molar-refractivity contribution in [1.82, 2.24) is 0 Å². The Bertz CT molecular complexity index is 388. The van der Waals surface area contributed by atoms with Gasteiger partial charge >= 0.3 is 0 Å². The van der Waals surface area contributed by atoms with Crippen LogP contribution in [0.4, 0.5) is 0 Å². The first kappa shape index (κ1) is 12.2. The zero-order valence-corrected chi connectivity index (χ0v) is 10.4. The lowest BCUT2D eigenvalue weighted by Crippen LogP contribution is -2.04. The first-order chi connectivity index (χ1) is 8.40. The Morgan fingerprint density at radius 1 is 1.06 bits per heavy atom. The predicted molar refractivity (Wildman–Crippen MR) is 72.8 cm³/mol. The van der Waals surface area contributed by atoms with Gasteiger partial charge in [0, 0.05) is 18.5 Å². The van der Waals surface area contributed by atoms with E-state index in [1.165, 1.54) is 37.7 Å². The van der Waals surface area contributed by atoms with Crippen LogP contribution in [0.15, 0.2) is 24.3 Å². The first-order valence-corrected chi connectivity index (χ1v) is 6.69. The molecule has 0 unspecified atom stereocenters. The molecule has 1 fully saturated rings. The fraction of sp³-hybridized carbons (Fsp3) is 0.500. The smallest absolute Gasteiger partial charge is 0.0245 e. The molecule has 90 valence electrons. The van der Waals surface area contributed by atoms with Crippen molar-refractivity contribution in [2.24, 2.45) is 5.73 Å². The summed E-state index contributed by atoms with van der Waals surface area (Å²) in [6.07, 6.45) is 7.70. The molecule has 0 aromatic heterocycles. The third-order valence-corrected chi connectivity index (χ3v) is 3.49. The molecule has 1 saturated carbocycles. The van der Waals surface area contributed by atoms with Crippen molar-refractivity contribution in [1.29, 1.82) is 0 Å². The molecule has 17 heavy (non-hydrogen) atoms. The number of nitrogens with two attached hydrogens (primary N) is 1. The minimum atomic E-state index is 0.646. The molecule has 0 amide bonds. The summed E-state index contributed by atoms with van der Waals surface area (Å²) in [7, 11) is 0. The van der Waals surface area contributed by atoms with E-state index in [0.29, 0.717) is 6.54 Å². The Balaban J connectivity index is 2.00. The van der Waals surface area contributed by atoms with Crippen molar-refractivity contribution >= 4 is 0 Å². The predicted octanol–water partition coefficient (Wildman–Crippen LogP) is 3.43. The van der Waals surface area contributed by atoms with E-state index in [2.05, 4.69) is 36.1 Å². The molecule has 0 aliphatic heterocycles. The van der Waals surface area contributed by atoms with Crippen LogP contribution in [0.1, 0.15) is 55.6 Å². The summed E-state index contributed by atoms with van der Waals surface area (Å²) in [5, 5.41) is 0. The van der Waals surface area contributed by atoms with Gasteiger partial charge in [-0.25, -0.2) is 0 Å². The average molecular weight is 227 g/mol. The molecular weight excluding hydrogens is 206 g/mol. The molecule has 1 aliphatic carbocycles. The molecule has 2 N–H and O–H groups in total. The van der Waals surface area contributed by atoms with Gasteiger partial charge in [-0.1, -0.05) is 43.2 Å². The molecule has 1 aromatic carbocycles. The molecule has 1 heteroatoms. The largest absolute Gasteiger partial charge is 0.330 e. The summed E-state index contributed by atoms with van der Waals surface area (Å²) in [6, 6.07) is 8.80. The average Bonchev–Trinajstić information content (AvgIpc) is 2.41. The maximum Gasteiger partial charge on any atom is 0.0245 e. The third kappa shape index (κ3) is 3.61. The zero-order chi connectivity index (χ0) is 11.9. The van der Waals surface area contributed by atoms with Gasteiger partial charge in [0.05, 0.1) is 0 Å². The fourth-order valence-corrected chi connectivity index (χ4v) is 2.51. The standard InChI is InChI=1S/C16H21N/c17-13-5-4-6-14-9-11-16(12-10-14)15-7-2-1-3-8-15/h9-12,15H,1-3,5,7-8,13,17H2. The van der Waals surface area contributed by atoms with Crippen molar-refractivity contribution in [2.45, 2.75) is 44.4 Å². The molecule has 0 spiro atoms. The normalized spacial score (nSPS) is 16.3. The van der Waals surface area contributed by atoms with Crippen LogP contribution in [0.2, 0.25) is 0 Å². The van der Waals surface area contributed by atoms with Crippen molar-refractivity contribution in [3.63, 3.8) is 0 Å². The number of hydrogen-bond acceptors (Lipinski definition) is 1. The minimum Gasteiger partial charge on any atom is -0.330 e. The van der Waals surface area contributed by atoms with Gasteiger partial charge < -0.3 is 5.73 Å². The molecule has 2 rings (SSSR count). The van der Waals surface area contributed by atoms with E-state index >= 15 is 0 Å². The molecule has 0 atom stereocenters. The minimum absolute atomic E-state index is 0.646. The van der Waals surface area contributed by atoms with Crippen LogP contribution in [0.5, 0.6) is 0 Å². The summed E-state index contributed by atoms with van der Waals surface area (Å²) < 4.78 is 0. The van der Waals surface area contributed by atoms with E-state index in [0.717, 1.165) is 17.9 Å². The Morgan fingerprint density at radius 3 is 2.41 bits per heavy atom. The van der Waals surface area contributed by atoms with Crippen molar-refractivity contribution in [2.75, 3.05) is 6.54 Å². The molecular formula is C16H21N. The highest BCUT2D eigenvalue weighted by atomic mass is 14.5. The van der Waals surface area contributed by atoms with Crippen LogP contribution in [-0.2, 0) is 0 Å². The fourth-order valence-electron chi connectivity index (χ4n) is 2.51. The lowest BCUT2D eigenvalue weighted by Gasteiger charge is -2.21. The lowest BCUT2D eigenvalue weighted by molar-refractivity contribution is 0.443. The molecule has 1 nitrogen and oxygen atoms in total.